The van der Waals surface area contributed by atoms with Crippen LogP contribution >= 0.6 is 0 Å². The number of hydrogen-bond donors (Lipinski definition) is 0. The fourth-order valence-electron chi connectivity index (χ4n) is 2.00. The highest BCUT2D eigenvalue weighted by Gasteiger charge is 2.13. The molecule has 82 valence electrons. The van der Waals surface area contributed by atoms with Crippen LogP contribution in [0.1, 0.15) is 50.7 Å². The number of rotatable bonds is 5. The molecule has 2 unspecified atom stereocenters. The highest BCUT2D eigenvalue weighted by molar-refractivity contribution is 5.48. The van der Waals surface area contributed by atoms with Gasteiger partial charge in [0, 0.05) is 0 Å². The summed E-state index contributed by atoms with van der Waals surface area (Å²) < 4.78 is 0. The topological polar surface area (TPSA) is 0 Å². The molecule has 2 atom stereocenters. The van der Waals surface area contributed by atoms with Crippen molar-refractivity contribution in [3.8, 4) is 0 Å². The van der Waals surface area contributed by atoms with E-state index in [1.807, 2.05) is 6.08 Å². The van der Waals surface area contributed by atoms with Crippen molar-refractivity contribution in [2.75, 3.05) is 0 Å². The zero-order valence-electron chi connectivity index (χ0n) is 10.2. The van der Waals surface area contributed by atoms with Crippen molar-refractivity contribution in [2.45, 2.75) is 39.5 Å². The van der Waals surface area contributed by atoms with Crippen LogP contribution in [-0.2, 0) is 0 Å². The predicted octanol–water partition coefficient (Wildman–Crippen LogP) is 4.87. The summed E-state index contributed by atoms with van der Waals surface area (Å²) in [4.78, 5) is 0. The molecular formula is C15H22. The van der Waals surface area contributed by atoms with Gasteiger partial charge in [-0.25, -0.2) is 0 Å². The summed E-state index contributed by atoms with van der Waals surface area (Å²) in [6.45, 7) is 10.7. The maximum Gasteiger partial charge on any atom is -0.0164 e. The number of benzene rings is 1. The van der Waals surface area contributed by atoms with Gasteiger partial charge in [-0.15, -0.1) is 0 Å². The van der Waals surface area contributed by atoms with Gasteiger partial charge in [0.25, 0.3) is 0 Å². The smallest absolute Gasteiger partial charge is 0.0164 e. The molecule has 0 N–H and O–H groups in total. The summed E-state index contributed by atoms with van der Waals surface area (Å²) in [5.74, 6) is 1.40. The Bertz CT molecular complexity index is 312. The second kappa shape index (κ2) is 5.75. The molecule has 0 nitrogen and oxygen atoms in total. The molecule has 0 radical (unpaired) electrons. The molecule has 1 aromatic rings. The van der Waals surface area contributed by atoms with Gasteiger partial charge in [-0.3, -0.25) is 0 Å². The van der Waals surface area contributed by atoms with Crippen LogP contribution in [-0.4, -0.2) is 0 Å². The molecule has 0 fully saturated rings. The second-order valence-electron chi connectivity index (χ2n) is 4.43. The van der Waals surface area contributed by atoms with E-state index < -0.39 is 0 Å². The Labute approximate surface area is 94.0 Å². The lowest BCUT2D eigenvalue weighted by Crippen LogP contribution is -2.05. The van der Waals surface area contributed by atoms with E-state index in [2.05, 4.69) is 51.6 Å². The van der Waals surface area contributed by atoms with Crippen molar-refractivity contribution in [3.63, 3.8) is 0 Å². The van der Waals surface area contributed by atoms with E-state index in [0.29, 0.717) is 5.92 Å². The molecule has 0 bridgehead atoms. The van der Waals surface area contributed by atoms with Gasteiger partial charge >= 0.3 is 0 Å². The third-order valence-electron chi connectivity index (χ3n) is 3.27. The van der Waals surface area contributed by atoms with Crippen molar-refractivity contribution in [1.29, 1.82) is 0 Å². The maximum absolute atomic E-state index is 3.81. The molecule has 15 heavy (non-hydrogen) atoms. The van der Waals surface area contributed by atoms with Gasteiger partial charge in [-0.05, 0) is 23.0 Å². The first-order valence-corrected chi connectivity index (χ1v) is 5.91. The lowest BCUT2D eigenvalue weighted by Gasteiger charge is -2.20. The van der Waals surface area contributed by atoms with Crippen molar-refractivity contribution >= 4 is 6.08 Å². The van der Waals surface area contributed by atoms with Crippen LogP contribution in [0.2, 0.25) is 0 Å². The summed E-state index contributed by atoms with van der Waals surface area (Å²) >= 11 is 0. The average molecular weight is 202 g/mol. The summed E-state index contributed by atoms with van der Waals surface area (Å²) in [7, 11) is 0. The van der Waals surface area contributed by atoms with Crippen LogP contribution in [0.25, 0.3) is 6.08 Å². The van der Waals surface area contributed by atoms with Gasteiger partial charge in [0.05, 0.1) is 0 Å². The van der Waals surface area contributed by atoms with Crippen LogP contribution in [0.3, 0.4) is 0 Å². The fourth-order valence-corrected chi connectivity index (χ4v) is 2.00. The van der Waals surface area contributed by atoms with Crippen molar-refractivity contribution < 1.29 is 0 Å². The van der Waals surface area contributed by atoms with E-state index in [1.54, 1.807) is 0 Å². The van der Waals surface area contributed by atoms with Gasteiger partial charge < -0.3 is 0 Å². The molecule has 0 aliphatic rings. The molecule has 0 heteroatoms. The summed E-state index contributed by atoms with van der Waals surface area (Å²) in [6, 6.07) is 8.71. The van der Waals surface area contributed by atoms with E-state index in [4.69, 9.17) is 0 Å². The molecule has 0 amide bonds. The highest BCUT2D eigenvalue weighted by Crippen LogP contribution is 2.27. The number of hydrogen-bond acceptors (Lipinski definition) is 0. The monoisotopic (exact) mass is 202 g/mol. The van der Waals surface area contributed by atoms with Crippen molar-refractivity contribution in [1.82, 2.24) is 0 Å². The van der Waals surface area contributed by atoms with Crippen LogP contribution < -0.4 is 0 Å². The van der Waals surface area contributed by atoms with Crippen LogP contribution in [0.15, 0.2) is 30.8 Å². The first-order chi connectivity index (χ1) is 7.19. The van der Waals surface area contributed by atoms with Gasteiger partial charge in [-0.2, -0.15) is 0 Å². The Morgan fingerprint density at radius 2 is 2.07 bits per heavy atom. The Morgan fingerprint density at radius 1 is 1.33 bits per heavy atom. The summed E-state index contributed by atoms with van der Waals surface area (Å²) in [5, 5.41) is 0. The third kappa shape index (κ3) is 3.23. The van der Waals surface area contributed by atoms with Crippen molar-refractivity contribution in [2.24, 2.45) is 5.92 Å². The van der Waals surface area contributed by atoms with E-state index in [1.165, 1.54) is 24.0 Å². The van der Waals surface area contributed by atoms with Crippen molar-refractivity contribution in [3.05, 3.63) is 42.0 Å². The summed E-state index contributed by atoms with van der Waals surface area (Å²) in [6.07, 6.45) is 4.49. The minimum atomic E-state index is 0.643. The SMILES string of the molecule is C=Cc1cccc(C(C)C(C)CCC)c1. The van der Waals surface area contributed by atoms with E-state index in [0.717, 1.165) is 5.92 Å². The van der Waals surface area contributed by atoms with Gasteiger partial charge in [0.1, 0.15) is 0 Å². The first kappa shape index (κ1) is 12.0. The largest absolute Gasteiger partial charge is 0.0985 e. The molecule has 0 aliphatic carbocycles. The lowest BCUT2D eigenvalue weighted by atomic mass is 9.85. The quantitative estimate of drug-likeness (QED) is 0.639. The Hall–Kier alpha value is -1.04. The normalized spacial score (nSPS) is 14.6. The highest BCUT2D eigenvalue weighted by atomic mass is 14.2. The fraction of sp³-hybridized carbons (Fsp3) is 0.467. The van der Waals surface area contributed by atoms with Crippen LogP contribution in [0.4, 0.5) is 0 Å². The molecule has 1 rings (SSSR count). The van der Waals surface area contributed by atoms with E-state index in [-0.39, 0.29) is 0 Å². The Kier molecular flexibility index (Phi) is 4.61. The van der Waals surface area contributed by atoms with Gasteiger partial charge in [-0.1, -0.05) is 70.5 Å². The van der Waals surface area contributed by atoms with E-state index in [9.17, 15) is 0 Å². The summed E-state index contributed by atoms with van der Waals surface area (Å²) in [5.41, 5.74) is 2.66. The minimum Gasteiger partial charge on any atom is -0.0985 e. The zero-order valence-corrected chi connectivity index (χ0v) is 10.2. The molecule has 0 heterocycles. The third-order valence-corrected chi connectivity index (χ3v) is 3.27. The average Bonchev–Trinajstić information content (AvgIpc) is 2.28. The zero-order chi connectivity index (χ0) is 11.3. The molecule has 1 aromatic carbocycles. The molecule has 0 saturated heterocycles. The van der Waals surface area contributed by atoms with Gasteiger partial charge in [0.15, 0.2) is 0 Å². The first-order valence-electron chi connectivity index (χ1n) is 5.91. The standard InChI is InChI=1S/C15H22/c1-5-8-12(3)13(4)15-10-7-9-14(6-2)11-15/h6-7,9-13H,2,5,8H2,1,3-4H3. The molecule has 0 spiro atoms. The van der Waals surface area contributed by atoms with Gasteiger partial charge in [0.2, 0.25) is 0 Å². The predicted molar refractivity (Wildman–Crippen MR) is 69.0 cm³/mol. The Balaban J connectivity index is 2.80. The molecule has 0 aliphatic heterocycles. The Morgan fingerprint density at radius 3 is 2.67 bits per heavy atom. The van der Waals surface area contributed by atoms with Crippen LogP contribution in [0.5, 0.6) is 0 Å². The lowest BCUT2D eigenvalue weighted by molar-refractivity contribution is 0.448. The maximum atomic E-state index is 3.81. The molecule has 0 aromatic heterocycles. The van der Waals surface area contributed by atoms with Crippen LogP contribution in [0, 0.1) is 5.92 Å². The molecule has 0 saturated carbocycles. The molecular weight excluding hydrogens is 180 g/mol. The van der Waals surface area contributed by atoms with E-state index >= 15 is 0 Å². The second-order valence-corrected chi connectivity index (χ2v) is 4.43. The minimum absolute atomic E-state index is 0.643.